The first-order valence-corrected chi connectivity index (χ1v) is 10.00. The van der Waals surface area contributed by atoms with Crippen LogP contribution in [0.5, 0.6) is 0 Å². The zero-order valence-electron chi connectivity index (χ0n) is 14.1. The second kappa shape index (κ2) is 9.20. The Kier molecular flexibility index (Phi) is 8.27. The Morgan fingerprint density at radius 1 is 1.13 bits per heavy atom. The molecule has 1 unspecified atom stereocenters. The van der Waals surface area contributed by atoms with Gasteiger partial charge in [-0.25, -0.2) is 13.1 Å². The van der Waals surface area contributed by atoms with Gasteiger partial charge in [-0.15, -0.1) is 12.4 Å². The van der Waals surface area contributed by atoms with E-state index >= 15 is 0 Å². The first kappa shape index (κ1) is 20.7. The molecule has 0 spiro atoms. The van der Waals surface area contributed by atoms with Crippen LogP contribution in [0.2, 0.25) is 0 Å². The summed E-state index contributed by atoms with van der Waals surface area (Å²) in [4.78, 5) is 13.9. The predicted octanol–water partition coefficient (Wildman–Crippen LogP) is 1.12. The average molecular weight is 368 g/mol. The molecule has 0 aromatic carbocycles. The van der Waals surface area contributed by atoms with Crippen LogP contribution in [0.25, 0.3) is 0 Å². The summed E-state index contributed by atoms with van der Waals surface area (Å²) < 4.78 is 27.1. The number of carbonyl (C=O) groups is 1. The van der Waals surface area contributed by atoms with Crippen molar-refractivity contribution >= 4 is 28.3 Å². The van der Waals surface area contributed by atoms with Crippen LogP contribution in [-0.4, -0.2) is 57.2 Å². The van der Waals surface area contributed by atoms with Crippen LogP contribution in [0, 0.1) is 5.92 Å². The van der Waals surface area contributed by atoms with E-state index in [2.05, 4.69) is 17.0 Å². The maximum absolute atomic E-state index is 12.2. The lowest BCUT2D eigenvalue weighted by molar-refractivity contribution is -0.129. The quantitative estimate of drug-likeness (QED) is 0.763. The molecule has 0 radical (unpaired) electrons. The highest BCUT2D eigenvalue weighted by Gasteiger charge is 2.28. The molecular formula is C15H30ClN3O3S. The summed E-state index contributed by atoms with van der Waals surface area (Å²) in [5.74, 6) is -0.0268. The van der Waals surface area contributed by atoms with Crippen LogP contribution in [0.3, 0.4) is 0 Å². The highest BCUT2D eigenvalue weighted by atomic mass is 35.5. The monoisotopic (exact) mass is 367 g/mol. The molecule has 1 atom stereocenters. The van der Waals surface area contributed by atoms with Gasteiger partial charge in [-0.3, -0.25) is 4.79 Å². The SMILES string of the molecule is CNC1CCCN(C(=O)CS(=O)(=O)NC2CCC(C)CC2)C1.Cl. The van der Waals surface area contributed by atoms with Crippen molar-refractivity contribution in [3.8, 4) is 0 Å². The first-order valence-electron chi connectivity index (χ1n) is 8.34. The van der Waals surface area contributed by atoms with Gasteiger partial charge in [0.15, 0.2) is 0 Å². The highest BCUT2D eigenvalue weighted by molar-refractivity contribution is 7.90. The van der Waals surface area contributed by atoms with Crippen molar-refractivity contribution < 1.29 is 13.2 Å². The van der Waals surface area contributed by atoms with E-state index in [0.29, 0.717) is 19.0 Å². The Bertz CT molecular complexity index is 478. The number of rotatable bonds is 5. The van der Waals surface area contributed by atoms with Crippen LogP contribution < -0.4 is 10.0 Å². The van der Waals surface area contributed by atoms with Gasteiger partial charge >= 0.3 is 0 Å². The fourth-order valence-electron chi connectivity index (χ4n) is 3.37. The van der Waals surface area contributed by atoms with Crippen LogP contribution in [0.4, 0.5) is 0 Å². The predicted molar refractivity (Wildman–Crippen MR) is 94.3 cm³/mol. The maximum atomic E-state index is 12.2. The Morgan fingerprint density at radius 2 is 1.78 bits per heavy atom. The van der Waals surface area contributed by atoms with E-state index in [1.165, 1.54) is 0 Å². The molecule has 8 heteroatoms. The van der Waals surface area contributed by atoms with Gasteiger partial charge in [0.1, 0.15) is 5.75 Å². The Morgan fingerprint density at radius 3 is 2.39 bits per heavy atom. The van der Waals surface area contributed by atoms with Crippen molar-refractivity contribution in [1.82, 2.24) is 14.9 Å². The topological polar surface area (TPSA) is 78.5 Å². The molecule has 1 heterocycles. The minimum Gasteiger partial charge on any atom is -0.340 e. The molecule has 0 aromatic heterocycles. The van der Waals surface area contributed by atoms with Gasteiger partial charge in [-0.2, -0.15) is 0 Å². The molecule has 1 aliphatic heterocycles. The second-order valence-corrected chi connectivity index (χ2v) is 8.56. The van der Waals surface area contributed by atoms with Crippen molar-refractivity contribution in [1.29, 1.82) is 0 Å². The number of halogens is 1. The zero-order valence-corrected chi connectivity index (χ0v) is 15.7. The summed E-state index contributed by atoms with van der Waals surface area (Å²) in [6, 6.07) is 0.272. The molecule has 1 aliphatic carbocycles. The van der Waals surface area contributed by atoms with E-state index in [0.717, 1.165) is 38.5 Å². The van der Waals surface area contributed by atoms with Crippen molar-refractivity contribution in [2.24, 2.45) is 5.92 Å². The lowest BCUT2D eigenvalue weighted by Gasteiger charge is -2.33. The Hall–Kier alpha value is -0.370. The summed E-state index contributed by atoms with van der Waals surface area (Å²) in [5.41, 5.74) is 0. The third-order valence-corrected chi connectivity index (χ3v) is 6.18. The number of piperidine rings is 1. The molecule has 6 nitrogen and oxygen atoms in total. The second-order valence-electron chi connectivity index (χ2n) is 6.80. The summed E-state index contributed by atoms with van der Waals surface area (Å²) in [7, 11) is -1.66. The fourth-order valence-corrected chi connectivity index (χ4v) is 4.70. The van der Waals surface area contributed by atoms with Crippen molar-refractivity contribution in [2.75, 3.05) is 25.9 Å². The zero-order chi connectivity index (χ0) is 16.2. The van der Waals surface area contributed by atoms with Gasteiger partial charge in [-0.1, -0.05) is 6.92 Å². The van der Waals surface area contributed by atoms with Gasteiger partial charge in [-0.05, 0) is 51.5 Å². The van der Waals surface area contributed by atoms with Gasteiger partial charge in [0, 0.05) is 25.2 Å². The molecular weight excluding hydrogens is 338 g/mol. The first-order chi connectivity index (χ1) is 10.4. The molecule has 2 aliphatic rings. The van der Waals surface area contributed by atoms with Gasteiger partial charge in [0.25, 0.3) is 0 Å². The maximum Gasteiger partial charge on any atom is 0.239 e. The lowest BCUT2D eigenvalue weighted by atomic mass is 9.88. The molecule has 0 aromatic rings. The number of amides is 1. The number of likely N-dealkylation sites (tertiary alicyclic amines) is 1. The standard InChI is InChI=1S/C15H29N3O3S.ClH/c1-12-5-7-13(8-6-12)17-22(20,21)11-15(19)18-9-3-4-14(10-18)16-2;/h12-14,16-17H,3-11H2,1-2H3;1H. The van der Waals surface area contributed by atoms with Crippen LogP contribution in [0.1, 0.15) is 45.4 Å². The van der Waals surface area contributed by atoms with Crippen molar-refractivity contribution in [3.05, 3.63) is 0 Å². The number of nitrogens with zero attached hydrogens (tertiary/aromatic N) is 1. The lowest BCUT2D eigenvalue weighted by Crippen LogP contribution is -2.50. The van der Waals surface area contributed by atoms with E-state index < -0.39 is 15.8 Å². The van der Waals surface area contributed by atoms with Gasteiger partial charge < -0.3 is 10.2 Å². The molecule has 0 bridgehead atoms. The molecule has 23 heavy (non-hydrogen) atoms. The van der Waals surface area contributed by atoms with Crippen LogP contribution >= 0.6 is 12.4 Å². The minimum absolute atomic E-state index is 0. The normalized spacial score (nSPS) is 29.0. The summed E-state index contributed by atoms with van der Waals surface area (Å²) in [6.45, 7) is 3.46. The molecule has 2 rings (SSSR count). The Balaban J connectivity index is 0.00000264. The summed E-state index contributed by atoms with van der Waals surface area (Å²) in [5, 5.41) is 3.16. The molecule has 136 valence electrons. The summed E-state index contributed by atoms with van der Waals surface area (Å²) in [6.07, 6.45) is 5.81. The number of hydrogen-bond donors (Lipinski definition) is 2. The molecule has 1 amide bonds. The van der Waals surface area contributed by atoms with E-state index in [1.807, 2.05) is 7.05 Å². The van der Waals surface area contributed by atoms with E-state index in [1.54, 1.807) is 4.90 Å². The molecule has 1 saturated heterocycles. The van der Waals surface area contributed by atoms with Crippen LogP contribution in [0.15, 0.2) is 0 Å². The number of carbonyl (C=O) groups excluding carboxylic acids is 1. The van der Waals surface area contributed by atoms with Crippen molar-refractivity contribution in [2.45, 2.75) is 57.5 Å². The third-order valence-electron chi connectivity index (χ3n) is 4.86. The minimum atomic E-state index is -3.53. The fraction of sp³-hybridized carbons (Fsp3) is 0.933. The smallest absolute Gasteiger partial charge is 0.239 e. The van der Waals surface area contributed by atoms with E-state index in [-0.39, 0.29) is 30.4 Å². The van der Waals surface area contributed by atoms with Gasteiger partial charge in [0.05, 0.1) is 0 Å². The molecule has 2 N–H and O–H groups in total. The highest BCUT2D eigenvalue weighted by Crippen LogP contribution is 2.23. The molecule has 1 saturated carbocycles. The number of likely N-dealkylation sites (N-methyl/N-ethyl adjacent to an activating group) is 1. The summed E-state index contributed by atoms with van der Waals surface area (Å²) >= 11 is 0. The van der Waals surface area contributed by atoms with E-state index in [4.69, 9.17) is 0 Å². The number of nitrogens with one attached hydrogen (secondary N) is 2. The number of hydrogen-bond acceptors (Lipinski definition) is 4. The molecule has 2 fully saturated rings. The van der Waals surface area contributed by atoms with E-state index in [9.17, 15) is 13.2 Å². The van der Waals surface area contributed by atoms with Gasteiger partial charge in [0.2, 0.25) is 15.9 Å². The third kappa shape index (κ3) is 6.57. The Labute approximate surface area is 146 Å². The largest absolute Gasteiger partial charge is 0.340 e. The van der Waals surface area contributed by atoms with Crippen molar-refractivity contribution in [3.63, 3.8) is 0 Å². The van der Waals surface area contributed by atoms with Crippen LogP contribution in [-0.2, 0) is 14.8 Å². The number of sulfonamides is 1. The average Bonchev–Trinajstić information content (AvgIpc) is 2.49.